The van der Waals surface area contributed by atoms with Gasteiger partial charge in [0.1, 0.15) is 0 Å². The van der Waals surface area contributed by atoms with E-state index in [4.69, 9.17) is 11.6 Å². The first kappa shape index (κ1) is 20.7. The fourth-order valence-electron chi connectivity index (χ4n) is 4.11. The molecule has 5 rings (SSSR count). The molecule has 0 bridgehead atoms. The molecule has 2 N–H and O–H groups in total. The van der Waals surface area contributed by atoms with E-state index in [2.05, 4.69) is 15.6 Å². The van der Waals surface area contributed by atoms with Crippen LogP contribution in [-0.2, 0) is 4.79 Å². The molecule has 0 spiro atoms. The van der Waals surface area contributed by atoms with Gasteiger partial charge in [0.15, 0.2) is 0 Å². The molecule has 3 aromatic carbocycles. The zero-order chi connectivity index (χ0) is 23.1. The molecule has 8 nitrogen and oxygen atoms in total. The summed E-state index contributed by atoms with van der Waals surface area (Å²) in [4.78, 5) is 29.2. The van der Waals surface area contributed by atoms with Crippen LogP contribution >= 0.6 is 11.6 Å². The normalized spacial score (nSPS) is 15.2. The van der Waals surface area contributed by atoms with Crippen molar-refractivity contribution in [1.82, 2.24) is 9.55 Å². The number of rotatable bonds is 4. The first-order chi connectivity index (χ1) is 15.9. The van der Waals surface area contributed by atoms with E-state index in [1.54, 1.807) is 43.3 Å². The SMILES string of the molecule is CC1=C(C(=O)Nc2ccc(Cl)cc2)[C@@H](c2cccc([N+](=O)[O-])c2)n2c(nc3ccccc32)N1. The molecule has 0 saturated heterocycles. The van der Waals surface area contributed by atoms with Crippen LogP contribution in [0.25, 0.3) is 11.0 Å². The summed E-state index contributed by atoms with van der Waals surface area (Å²) in [6.45, 7) is 1.80. The molecule has 4 aromatic rings. The standard InChI is InChI=1S/C24H18ClN5O3/c1-14-21(23(31)27-17-11-9-16(25)10-12-17)22(15-5-4-6-18(13-15)30(32)33)29-20-8-3-2-7-19(20)28-24(29)26-14/h2-13,22H,1H3,(H,26,28)(H,27,31)/t22-/m1/s1. The van der Waals surface area contributed by atoms with Crippen molar-refractivity contribution in [2.24, 2.45) is 0 Å². The molecule has 2 heterocycles. The van der Waals surface area contributed by atoms with Gasteiger partial charge < -0.3 is 10.6 Å². The number of imidazole rings is 1. The summed E-state index contributed by atoms with van der Waals surface area (Å²) >= 11 is 5.97. The van der Waals surface area contributed by atoms with Gasteiger partial charge in [-0.15, -0.1) is 0 Å². The van der Waals surface area contributed by atoms with Crippen LogP contribution in [0.2, 0.25) is 5.02 Å². The molecule has 1 aromatic heterocycles. The van der Waals surface area contributed by atoms with Crippen molar-refractivity contribution in [3.05, 3.63) is 105 Å². The number of halogens is 1. The second-order valence-corrected chi connectivity index (χ2v) is 8.11. The Kier molecular flexibility index (Phi) is 5.07. The largest absolute Gasteiger partial charge is 0.329 e. The number of amides is 1. The molecule has 33 heavy (non-hydrogen) atoms. The molecule has 1 aliphatic rings. The molecular weight excluding hydrogens is 442 g/mol. The van der Waals surface area contributed by atoms with Crippen LogP contribution in [0.3, 0.4) is 0 Å². The van der Waals surface area contributed by atoms with Crippen LogP contribution in [0.4, 0.5) is 17.3 Å². The predicted molar refractivity (Wildman–Crippen MR) is 127 cm³/mol. The number of para-hydroxylation sites is 2. The minimum absolute atomic E-state index is 0.0490. The third-order valence-corrected chi connectivity index (χ3v) is 5.83. The molecule has 0 fully saturated rings. The number of aromatic nitrogens is 2. The fourth-order valence-corrected chi connectivity index (χ4v) is 4.24. The third-order valence-electron chi connectivity index (χ3n) is 5.57. The summed E-state index contributed by atoms with van der Waals surface area (Å²) in [5.74, 6) is 0.232. The highest BCUT2D eigenvalue weighted by Crippen LogP contribution is 2.40. The molecule has 1 aliphatic heterocycles. The molecule has 1 amide bonds. The van der Waals surface area contributed by atoms with Crippen molar-refractivity contribution >= 4 is 45.9 Å². The smallest absolute Gasteiger partial charge is 0.269 e. The van der Waals surface area contributed by atoms with Gasteiger partial charge >= 0.3 is 0 Å². The zero-order valence-corrected chi connectivity index (χ0v) is 18.2. The number of non-ortho nitro benzene ring substituents is 1. The molecule has 1 atom stereocenters. The summed E-state index contributed by atoms with van der Waals surface area (Å²) in [7, 11) is 0. The highest BCUT2D eigenvalue weighted by molar-refractivity contribution is 6.30. The Labute approximate surface area is 193 Å². The lowest BCUT2D eigenvalue weighted by molar-refractivity contribution is -0.384. The maximum atomic E-state index is 13.5. The number of nitrogens with zero attached hydrogens (tertiary/aromatic N) is 3. The summed E-state index contributed by atoms with van der Waals surface area (Å²) in [5.41, 5.74) is 3.75. The van der Waals surface area contributed by atoms with Crippen molar-refractivity contribution in [2.45, 2.75) is 13.0 Å². The molecule has 0 radical (unpaired) electrons. The third kappa shape index (κ3) is 3.70. The quantitative estimate of drug-likeness (QED) is 0.309. The van der Waals surface area contributed by atoms with Crippen LogP contribution in [0.15, 0.2) is 84.1 Å². The van der Waals surface area contributed by atoms with Gasteiger partial charge in [0, 0.05) is 28.5 Å². The van der Waals surface area contributed by atoms with Crippen molar-refractivity contribution in [1.29, 1.82) is 0 Å². The Bertz CT molecular complexity index is 1440. The number of nitrogens with one attached hydrogen (secondary N) is 2. The molecule has 0 aliphatic carbocycles. The number of nitro groups is 1. The fraction of sp³-hybridized carbons (Fsp3) is 0.0833. The number of fused-ring (bicyclic) bond motifs is 3. The molecular formula is C24H18ClN5O3. The van der Waals surface area contributed by atoms with E-state index in [0.29, 0.717) is 33.5 Å². The second kappa shape index (κ2) is 8.07. The number of allylic oxidation sites excluding steroid dienone is 1. The van der Waals surface area contributed by atoms with Gasteiger partial charge in [-0.2, -0.15) is 0 Å². The second-order valence-electron chi connectivity index (χ2n) is 7.67. The van der Waals surface area contributed by atoms with Gasteiger partial charge in [-0.25, -0.2) is 4.98 Å². The lowest BCUT2D eigenvalue weighted by Crippen LogP contribution is -2.31. The van der Waals surface area contributed by atoms with Gasteiger partial charge in [0.05, 0.1) is 27.6 Å². The lowest BCUT2D eigenvalue weighted by atomic mass is 9.94. The van der Waals surface area contributed by atoms with Crippen molar-refractivity contribution in [2.75, 3.05) is 10.6 Å². The Morgan fingerprint density at radius 3 is 2.64 bits per heavy atom. The van der Waals surface area contributed by atoms with Gasteiger partial charge in [-0.05, 0) is 48.9 Å². The van der Waals surface area contributed by atoms with E-state index < -0.39 is 11.0 Å². The van der Waals surface area contributed by atoms with E-state index in [1.807, 2.05) is 28.8 Å². The first-order valence-corrected chi connectivity index (χ1v) is 10.6. The van der Waals surface area contributed by atoms with Crippen LogP contribution in [-0.4, -0.2) is 20.4 Å². The topological polar surface area (TPSA) is 102 Å². The van der Waals surface area contributed by atoms with E-state index in [0.717, 1.165) is 11.0 Å². The summed E-state index contributed by atoms with van der Waals surface area (Å²) in [6.07, 6.45) is 0. The lowest BCUT2D eigenvalue weighted by Gasteiger charge is -2.30. The number of nitro benzene ring substituents is 1. The van der Waals surface area contributed by atoms with E-state index in [-0.39, 0.29) is 11.6 Å². The Morgan fingerprint density at radius 2 is 1.88 bits per heavy atom. The number of carbonyl (C=O) groups excluding carboxylic acids is 1. The number of hydrogen-bond donors (Lipinski definition) is 2. The highest BCUT2D eigenvalue weighted by Gasteiger charge is 2.34. The molecule has 164 valence electrons. The van der Waals surface area contributed by atoms with Gasteiger partial charge in [-0.3, -0.25) is 19.5 Å². The van der Waals surface area contributed by atoms with Crippen LogP contribution < -0.4 is 10.6 Å². The Hall–Kier alpha value is -4.17. The number of hydrogen-bond acceptors (Lipinski definition) is 5. The van der Waals surface area contributed by atoms with Crippen LogP contribution in [0.1, 0.15) is 18.5 Å². The zero-order valence-electron chi connectivity index (χ0n) is 17.4. The van der Waals surface area contributed by atoms with Gasteiger partial charge in [0.25, 0.3) is 11.6 Å². The van der Waals surface area contributed by atoms with E-state index in [9.17, 15) is 14.9 Å². The molecule has 0 saturated carbocycles. The van der Waals surface area contributed by atoms with E-state index in [1.165, 1.54) is 12.1 Å². The predicted octanol–water partition coefficient (Wildman–Crippen LogP) is 5.53. The number of carbonyl (C=O) groups is 1. The van der Waals surface area contributed by atoms with Crippen LogP contribution in [0.5, 0.6) is 0 Å². The van der Waals surface area contributed by atoms with Crippen LogP contribution in [0, 0.1) is 10.1 Å². The molecule has 9 heteroatoms. The average molecular weight is 460 g/mol. The first-order valence-electron chi connectivity index (χ1n) is 10.2. The average Bonchev–Trinajstić information content (AvgIpc) is 3.17. The number of benzene rings is 3. The monoisotopic (exact) mass is 459 g/mol. The maximum Gasteiger partial charge on any atom is 0.269 e. The van der Waals surface area contributed by atoms with Gasteiger partial charge in [0.2, 0.25) is 5.95 Å². The summed E-state index contributed by atoms with van der Waals surface area (Å²) in [6, 6.07) is 20.1. The molecule has 0 unspecified atom stereocenters. The summed E-state index contributed by atoms with van der Waals surface area (Å²) < 4.78 is 1.90. The Morgan fingerprint density at radius 1 is 1.12 bits per heavy atom. The van der Waals surface area contributed by atoms with E-state index >= 15 is 0 Å². The minimum atomic E-state index is -0.624. The summed E-state index contributed by atoms with van der Waals surface area (Å²) in [5, 5.41) is 18.2. The minimum Gasteiger partial charge on any atom is -0.329 e. The maximum absolute atomic E-state index is 13.5. The number of anilines is 2. The highest BCUT2D eigenvalue weighted by atomic mass is 35.5. The van der Waals surface area contributed by atoms with Crippen molar-refractivity contribution in [3.63, 3.8) is 0 Å². The van der Waals surface area contributed by atoms with Crippen molar-refractivity contribution in [3.8, 4) is 0 Å². The Balaban J connectivity index is 1.68. The van der Waals surface area contributed by atoms with Gasteiger partial charge in [-0.1, -0.05) is 35.9 Å². The van der Waals surface area contributed by atoms with Crippen molar-refractivity contribution < 1.29 is 9.72 Å².